The molecule has 0 saturated heterocycles. The van der Waals surface area contributed by atoms with Crippen molar-refractivity contribution in [3.8, 4) is 11.4 Å². The molecule has 4 aromatic carbocycles. The van der Waals surface area contributed by atoms with Crippen LogP contribution in [0.3, 0.4) is 0 Å². The Morgan fingerprint density at radius 3 is 2.15 bits per heavy atom. The number of aromatic nitrogens is 2. The van der Waals surface area contributed by atoms with Gasteiger partial charge in [-0.2, -0.15) is 4.98 Å². The first-order valence-electron chi connectivity index (χ1n) is 11.0. The van der Waals surface area contributed by atoms with E-state index in [-0.39, 0.29) is 18.4 Å². The summed E-state index contributed by atoms with van der Waals surface area (Å²) in [6.07, 6.45) is 0.632. The van der Waals surface area contributed by atoms with Gasteiger partial charge in [-0.05, 0) is 21.9 Å². The second-order valence-electron chi connectivity index (χ2n) is 7.86. The van der Waals surface area contributed by atoms with Crippen molar-refractivity contribution in [3.63, 3.8) is 0 Å². The smallest absolute Gasteiger partial charge is 0.227 e. The Labute approximate surface area is 192 Å². The molecule has 1 amide bonds. The van der Waals surface area contributed by atoms with Crippen LogP contribution in [0.25, 0.3) is 22.2 Å². The zero-order chi connectivity index (χ0) is 22.5. The van der Waals surface area contributed by atoms with Crippen LogP contribution in [0.4, 0.5) is 0 Å². The predicted molar refractivity (Wildman–Crippen MR) is 128 cm³/mol. The molecule has 0 aliphatic heterocycles. The van der Waals surface area contributed by atoms with Crippen molar-refractivity contribution in [1.29, 1.82) is 0 Å². The highest BCUT2D eigenvalue weighted by Gasteiger charge is 2.18. The van der Waals surface area contributed by atoms with E-state index < -0.39 is 0 Å². The first-order valence-corrected chi connectivity index (χ1v) is 11.0. The monoisotopic (exact) mass is 433 g/mol. The standard InChI is InChI=1S/C28H23N3O2/c32-25(29-27(21-11-3-1-4-12-21)22-13-5-2-6-14-22)18-19-26-30-28(31-33-26)24-17-9-15-20-10-7-8-16-23(20)24/h1-17,27H,18-19H2,(H,29,32). The summed E-state index contributed by atoms with van der Waals surface area (Å²) in [5, 5.41) is 9.49. The fourth-order valence-electron chi connectivity index (χ4n) is 3.99. The van der Waals surface area contributed by atoms with Crippen LogP contribution in [0.1, 0.15) is 29.5 Å². The molecular weight excluding hydrogens is 410 g/mol. The molecule has 5 nitrogen and oxygen atoms in total. The van der Waals surface area contributed by atoms with Crippen molar-refractivity contribution in [3.05, 3.63) is 120 Å². The number of hydrogen-bond acceptors (Lipinski definition) is 4. The molecule has 5 aromatic rings. The molecule has 5 rings (SSSR count). The summed E-state index contributed by atoms with van der Waals surface area (Å²) < 4.78 is 5.45. The maximum absolute atomic E-state index is 12.8. The third kappa shape index (κ3) is 4.67. The molecule has 0 saturated carbocycles. The second kappa shape index (κ2) is 9.49. The van der Waals surface area contributed by atoms with Crippen molar-refractivity contribution < 1.29 is 9.32 Å². The third-order valence-corrected chi connectivity index (χ3v) is 5.64. The summed E-state index contributed by atoms with van der Waals surface area (Å²) in [6, 6.07) is 33.8. The SMILES string of the molecule is O=C(CCc1nc(-c2cccc3ccccc23)no1)NC(c1ccccc1)c1ccccc1. The molecule has 33 heavy (non-hydrogen) atoms. The number of rotatable bonds is 7. The quantitative estimate of drug-likeness (QED) is 0.356. The number of amides is 1. The topological polar surface area (TPSA) is 68.0 Å². The van der Waals surface area contributed by atoms with E-state index in [2.05, 4.69) is 27.6 Å². The maximum atomic E-state index is 12.8. The van der Waals surface area contributed by atoms with Gasteiger partial charge in [0.1, 0.15) is 0 Å². The summed E-state index contributed by atoms with van der Waals surface area (Å²) in [7, 11) is 0. The van der Waals surface area contributed by atoms with E-state index >= 15 is 0 Å². The molecule has 1 aromatic heterocycles. The van der Waals surface area contributed by atoms with Gasteiger partial charge in [-0.15, -0.1) is 0 Å². The number of benzene rings is 4. The molecule has 0 radical (unpaired) electrons. The van der Waals surface area contributed by atoms with Crippen LogP contribution < -0.4 is 5.32 Å². The van der Waals surface area contributed by atoms with Crippen LogP contribution in [0.15, 0.2) is 108 Å². The predicted octanol–water partition coefficient (Wildman–Crippen LogP) is 5.73. The molecule has 5 heteroatoms. The molecule has 0 unspecified atom stereocenters. The lowest BCUT2D eigenvalue weighted by atomic mass is 9.98. The highest BCUT2D eigenvalue weighted by atomic mass is 16.5. The Hall–Kier alpha value is -4.25. The summed E-state index contributed by atoms with van der Waals surface area (Å²) in [4.78, 5) is 17.4. The van der Waals surface area contributed by atoms with Crippen molar-refractivity contribution in [2.45, 2.75) is 18.9 Å². The number of nitrogens with zero attached hydrogens (tertiary/aromatic N) is 2. The van der Waals surface area contributed by atoms with E-state index in [4.69, 9.17) is 4.52 Å². The molecule has 1 N–H and O–H groups in total. The van der Waals surface area contributed by atoms with E-state index in [1.165, 1.54) is 0 Å². The lowest BCUT2D eigenvalue weighted by Crippen LogP contribution is -2.29. The van der Waals surface area contributed by atoms with Crippen molar-refractivity contribution >= 4 is 16.7 Å². The number of hydrogen-bond donors (Lipinski definition) is 1. The minimum Gasteiger partial charge on any atom is -0.345 e. The summed E-state index contributed by atoms with van der Waals surface area (Å²) in [6.45, 7) is 0. The number of carbonyl (C=O) groups excluding carboxylic acids is 1. The Kier molecular flexibility index (Phi) is 5.93. The molecular formula is C28H23N3O2. The summed E-state index contributed by atoms with van der Waals surface area (Å²) in [5.41, 5.74) is 2.99. The van der Waals surface area contributed by atoms with Crippen molar-refractivity contribution in [1.82, 2.24) is 15.5 Å². The van der Waals surface area contributed by atoms with Gasteiger partial charge in [0.15, 0.2) is 0 Å². The maximum Gasteiger partial charge on any atom is 0.227 e. The highest BCUT2D eigenvalue weighted by molar-refractivity contribution is 5.94. The molecule has 0 bridgehead atoms. The largest absolute Gasteiger partial charge is 0.345 e. The fourth-order valence-corrected chi connectivity index (χ4v) is 3.99. The molecule has 0 fully saturated rings. The van der Waals surface area contributed by atoms with Gasteiger partial charge in [0.2, 0.25) is 17.6 Å². The Balaban J connectivity index is 1.29. The Bertz CT molecular complexity index is 1320. The molecule has 0 atom stereocenters. The number of nitrogens with one attached hydrogen (secondary N) is 1. The average molecular weight is 434 g/mol. The minimum atomic E-state index is -0.214. The normalized spacial score (nSPS) is 11.1. The van der Waals surface area contributed by atoms with Crippen LogP contribution in [0.5, 0.6) is 0 Å². The first kappa shape index (κ1) is 20.6. The van der Waals surface area contributed by atoms with Gasteiger partial charge in [0.25, 0.3) is 0 Å². The molecule has 0 aliphatic carbocycles. The van der Waals surface area contributed by atoms with Gasteiger partial charge in [0.05, 0.1) is 6.04 Å². The number of carbonyl (C=O) groups is 1. The zero-order valence-electron chi connectivity index (χ0n) is 18.0. The minimum absolute atomic E-state index is 0.0717. The van der Waals surface area contributed by atoms with Gasteiger partial charge in [-0.25, -0.2) is 0 Å². The second-order valence-corrected chi connectivity index (χ2v) is 7.86. The van der Waals surface area contributed by atoms with Crippen LogP contribution in [-0.2, 0) is 11.2 Å². The molecule has 0 spiro atoms. The van der Waals surface area contributed by atoms with Crippen molar-refractivity contribution in [2.24, 2.45) is 0 Å². The number of fused-ring (bicyclic) bond motifs is 1. The number of aryl methyl sites for hydroxylation is 1. The summed E-state index contributed by atoms with van der Waals surface area (Å²) in [5.74, 6) is 0.912. The molecule has 1 heterocycles. The average Bonchev–Trinajstić information content (AvgIpc) is 3.36. The van der Waals surface area contributed by atoms with E-state index in [1.807, 2.05) is 91.0 Å². The van der Waals surface area contributed by atoms with Crippen molar-refractivity contribution in [2.75, 3.05) is 0 Å². The van der Waals surface area contributed by atoms with Crippen LogP contribution in [-0.4, -0.2) is 16.0 Å². The van der Waals surface area contributed by atoms with E-state index in [0.717, 1.165) is 27.5 Å². The summed E-state index contributed by atoms with van der Waals surface area (Å²) >= 11 is 0. The van der Waals surface area contributed by atoms with Gasteiger partial charge >= 0.3 is 0 Å². The van der Waals surface area contributed by atoms with E-state index in [9.17, 15) is 4.79 Å². The van der Waals surface area contributed by atoms with Gasteiger partial charge < -0.3 is 9.84 Å². The van der Waals surface area contributed by atoms with Gasteiger partial charge in [-0.1, -0.05) is 108 Å². The lowest BCUT2D eigenvalue weighted by molar-refractivity contribution is -0.121. The first-order chi connectivity index (χ1) is 16.3. The zero-order valence-corrected chi connectivity index (χ0v) is 18.0. The Morgan fingerprint density at radius 2 is 1.42 bits per heavy atom. The highest BCUT2D eigenvalue weighted by Crippen LogP contribution is 2.27. The van der Waals surface area contributed by atoms with E-state index in [1.54, 1.807) is 0 Å². The lowest BCUT2D eigenvalue weighted by Gasteiger charge is -2.19. The molecule has 162 valence electrons. The fraction of sp³-hybridized carbons (Fsp3) is 0.107. The van der Waals surface area contributed by atoms with Crippen LogP contribution >= 0.6 is 0 Å². The van der Waals surface area contributed by atoms with Crippen LogP contribution in [0.2, 0.25) is 0 Å². The van der Waals surface area contributed by atoms with Gasteiger partial charge in [0, 0.05) is 18.4 Å². The van der Waals surface area contributed by atoms with Gasteiger partial charge in [-0.3, -0.25) is 4.79 Å². The third-order valence-electron chi connectivity index (χ3n) is 5.64. The van der Waals surface area contributed by atoms with Crippen LogP contribution in [0, 0.1) is 0 Å². The van der Waals surface area contributed by atoms with E-state index in [0.29, 0.717) is 18.1 Å². The molecule has 0 aliphatic rings. The Morgan fingerprint density at radius 1 is 0.788 bits per heavy atom.